The standard InChI is InChI=1S/C7H8BrN.C7H7NO2/c1-5-2-3-6(9)4-7(5)8;1-6-2-4-7(5-3-6)8(9)10/h2-4H,9H2,1H3;2-5H,1H3. The maximum absolute atomic E-state index is 10.1. The van der Waals surface area contributed by atoms with Crippen LogP contribution in [0, 0.1) is 24.0 Å². The zero-order chi connectivity index (χ0) is 14.4. The highest BCUT2D eigenvalue weighted by Crippen LogP contribution is 2.17. The van der Waals surface area contributed by atoms with Crippen LogP contribution in [0.2, 0.25) is 0 Å². The van der Waals surface area contributed by atoms with E-state index < -0.39 is 4.92 Å². The first kappa shape index (κ1) is 15.2. The lowest BCUT2D eigenvalue weighted by Crippen LogP contribution is -1.86. The van der Waals surface area contributed by atoms with Crippen LogP contribution in [0.25, 0.3) is 0 Å². The van der Waals surface area contributed by atoms with Gasteiger partial charge in [-0.15, -0.1) is 0 Å². The summed E-state index contributed by atoms with van der Waals surface area (Å²) in [6, 6.07) is 12.2. The Hall–Kier alpha value is -1.88. The van der Waals surface area contributed by atoms with E-state index in [9.17, 15) is 10.1 Å². The van der Waals surface area contributed by atoms with Crippen molar-refractivity contribution >= 4 is 27.3 Å². The van der Waals surface area contributed by atoms with E-state index in [1.54, 1.807) is 12.1 Å². The van der Waals surface area contributed by atoms with E-state index in [0.717, 1.165) is 15.7 Å². The second-order valence-electron chi connectivity index (χ2n) is 4.10. The van der Waals surface area contributed by atoms with Gasteiger partial charge in [-0.25, -0.2) is 0 Å². The zero-order valence-electron chi connectivity index (χ0n) is 10.8. The van der Waals surface area contributed by atoms with Crippen molar-refractivity contribution in [3.8, 4) is 0 Å². The van der Waals surface area contributed by atoms with E-state index in [-0.39, 0.29) is 5.69 Å². The van der Waals surface area contributed by atoms with Gasteiger partial charge in [-0.05, 0) is 31.5 Å². The fourth-order valence-corrected chi connectivity index (χ4v) is 1.67. The summed E-state index contributed by atoms with van der Waals surface area (Å²) < 4.78 is 1.07. The van der Waals surface area contributed by atoms with Gasteiger partial charge in [0, 0.05) is 22.3 Å². The molecule has 0 saturated carbocycles. The molecule has 4 nitrogen and oxygen atoms in total. The summed E-state index contributed by atoms with van der Waals surface area (Å²) in [5.41, 5.74) is 8.69. The Kier molecular flexibility index (Phi) is 5.51. The first-order valence-electron chi connectivity index (χ1n) is 5.63. The third-order valence-electron chi connectivity index (χ3n) is 2.44. The largest absolute Gasteiger partial charge is 0.399 e. The molecule has 0 saturated heterocycles. The lowest BCUT2D eigenvalue weighted by Gasteiger charge is -1.96. The van der Waals surface area contributed by atoms with Gasteiger partial charge in [0.15, 0.2) is 0 Å². The Morgan fingerprint density at radius 1 is 1.11 bits per heavy atom. The Bertz CT molecular complexity index is 568. The number of halogens is 1. The molecule has 5 heteroatoms. The average molecular weight is 323 g/mol. The van der Waals surface area contributed by atoms with Crippen molar-refractivity contribution in [2.75, 3.05) is 5.73 Å². The van der Waals surface area contributed by atoms with E-state index in [1.165, 1.54) is 17.7 Å². The number of rotatable bonds is 1. The predicted molar refractivity (Wildman–Crippen MR) is 81.1 cm³/mol. The van der Waals surface area contributed by atoms with E-state index in [0.29, 0.717) is 0 Å². The van der Waals surface area contributed by atoms with E-state index in [2.05, 4.69) is 15.9 Å². The van der Waals surface area contributed by atoms with Crippen LogP contribution in [0.5, 0.6) is 0 Å². The summed E-state index contributed by atoms with van der Waals surface area (Å²) in [6.07, 6.45) is 0. The Labute approximate surface area is 120 Å². The average Bonchev–Trinajstić information content (AvgIpc) is 2.35. The number of nitro groups is 1. The molecule has 0 amide bonds. The summed E-state index contributed by atoms with van der Waals surface area (Å²) in [5.74, 6) is 0. The lowest BCUT2D eigenvalue weighted by molar-refractivity contribution is -0.384. The number of aryl methyl sites for hydroxylation is 2. The number of nitrogens with zero attached hydrogens (tertiary/aromatic N) is 1. The van der Waals surface area contributed by atoms with Crippen LogP contribution in [0.4, 0.5) is 11.4 Å². The molecular formula is C14H15BrN2O2. The Morgan fingerprint density at radius 2 is 1.68 bits per heavy atom. The van der Waals surface area contributed by atoms with E-state index >= 15 is 0 Å². The highest BCUT2D eigenvalue weighted by molar-refractivity contribution is 9.10. The number of nitro benzene ring substituents is 1. The van der Waals surface area contributed by atoms with Gasteiger partial charge in [0.1, 0.15) is 0 Å². The van der Waals surface area contributed by atoms with Crippen molar-refractivity contribution in [3.63, 3.8) is 0 Å². The molecule has 0 aliphatic carbocycles. The molecule has 0 bridgehead atoms. The number of hydrogen-bond acceptors (Lipinski definition) is 3. The number of nitrogens with two attached hydrogens (primary N) is 1. The number of anilines is 1. The molecule has 2 aromatic carbocycles. The molecule has 0 spiro atoms. The van der Waals surface area contributed by atoms with Crippen LogP contribution >= 0.6 is 15.9 Å². The highest BCUT2D eigenvalue weighted by Gasteiger charge is 2.00. The van der Waals surface area contributed by atoms with Crippen LogP contribution in [-0.4, -0.2) is 4.92 Å². The number of benzene rings is 2. The zero-order valence-corrected chi connectivity index (χ0v) is 12.3. The Balaban J connectivity index is 0.000000191. The van der Waals surface area contributed by atoms with Crippen LogP contribution in [0.15, 0.2) is 46.9 Å². The monoisotopic (exact) mass is 322 g/mol. The van der Waals surface area contributed by atoms with Gasteiger partial charge in [-0.1, -0.05) is 39.7 Å². The summed E-state index contributed by atoms with van der Waals surface area (Å²) in [6.45, 7) is 3.92. The minimum absolute atomic E-state index is 0.144. The quantitative estimate of drug-likeness (QED) is 0.485. The van der Waals surface area contributed by atoms with Gasteiger partial charge >= 0.3 is 0 Å². The Morgan fingerprint density at radius 3 is 2.11 bits per heavy atom. The van der Waals surface area contributed by atoms with Crippen LogP contribution < -0.4 is 5.73 Å². The van der Waals surface area contributed by atoms with Crippen molar-refractivity contribution in [1.82, 2.24) is 0 Å². The molecule has 19 heavy (non-hydrogen) atoms. The highest BCUT2D eigenvalue weighted by atomic mass is 79.9. The minimum atomic E-state index is -0.403. The summed E-state index contributed by atoms with van der Waals surface area (Å²) in [7, 11) is 0. The lowest BCUT2D eigenvalue weighted by atomic mass is 10.2. The third kappa shape index (κ3) is 5.09. The molecule has 0 heterocycles. The van der Waals surface area contributed by atoms with E-state index in [1.807, 2.05) is 32.0 Å². The topological polar surface area (TPSA) is 69.2 Å². The summed E-state index contributed by atoms with van der Waals surface area (Å²) in [4.78, 5) is 9.71. The van der Waals surface area contributed by atoms with Crippen LogP contribution in [-0.2, 0) is 0 Å². The molecule has 0 aliphatic heterocycles. The number of non-ortho nitro benzene ring substituents is 1. The third-order valence-corrected chi connectivity index (χ3v) is 3.30. The van der Waals surface area contributed by atoms with Gasteiger partial charge in [-0.2, -0.15) is 0 Å². The molecule has 0 aliphatic rings. The van der Waals surface area contributed by atoms with Crippen molar-refractivity contribution in [2.45, 2.75) is 13.8 Å². The van der Waals surface area contributed by atoms with Gasteiger partial charge in [0.05, 0.1) is 4.92 Å². The fraction of sp³-hybridized carbons (Fsp3) is 0.143. The van der Waals surface area contributed by atoms with Crippen molar-refractivity contribution < 1.29 is 4.92 Å². The molecule has 2 aromatic rings. The molecule has 100 valence electrons. The van der Waals surface area contributed by atoms with Crippen LogP contribution in [0.1, 0.15) is 11.1 Å². The SMILES string of the molecule is Cc1ccc(N)cc1Br.Cc1ccc([N+](=O)[O-])cc1. The van der Waals surface area contributed by atoms with E-state index in [4.69, 9.17) is 5.73 Å². The first-order valence-corrected chi connectivity index (χ1v) is 6.42. The van der Waals surface area contributed by atoms with Gasteiger partial charge in [0.2, 0.25) is 0 Å². The maximum Gasteiger partial charge on any atom is 0.269 e. The number of hydrogen-bond donors (Lipinski definition) is 1. The van der Waals surface area contributed by atoms with Crippen LogP contribution in [0.3, 0.4) is 0 Å². The van der Waals surface area contributed by atoms with Gasteiger partial charge < -0.3 is 5.73 Å². The van der Waals surface area contributed by atoms with Gasteiger partial charge in [0.25, 0.3) is 5.69 Å². The first-order chi connectivity index (χ1) is 8.90. The molecular weight excluding hydrogens is 308 g/mol. The fourth-order valence-electron chi connectivity index (χ4n) is 1.28. The van der Waals surface area contributed by atoms with Crippen molar-refractivity contribution in [3.05, 3.63) is 68.2 Å². The molecule has 0 radical (unpaired) electrons. The predicted octanol–water partition coefficient (Wildman–Crippen LogP) is 4.24. The number of nitrogen functional groups attached to an aromatic ring is 1. The van der Waals surface area contributed by atoms with Gasteiger partial charge in [-0.3, -0.25) is 10.1 Å². The smallest absolute Gasteiger partial charge is 0.269 e. The second-order valence-corrected chi connectivity index (χ2v) is 4.96. The summed E-state index contributed by atoms with van der Waals surface area (Å²) in [5, 5.41) is 10.1. The van der Waals surface area contributed by atoms with Crippen molar-refractivity contribution in [1.29, 1.82) is 0 Å². The maximum atomic E-state index is 10.1. The normalized spacial score (nSPS) is 9.42. The van der Waals surface area contributed by atoms with Crippen molar-refractivity contribution in [2.24, 2.45) is 0 Å². The molecule has 0 fully saturated rings. The minimum Gasteiger partial charge on any atom is -0.399 e. The molecule has 2 N–H and O–H groups in total. The molecule has 0 unspecified atom stereocenters. The summed E-state index contributed by atoms with van der Waals surface area (Å²) >= 11 is 3.37. The molecule has 0 atom stereocenters. The molecule has 0 aromatic heterocycles. The second kappa shape index (κ2) is 6.89. The molecule has 2 rings (SSSR count).